The van der Waals surface area contributed by atoms with E-state index in [0.29, 0.717) is 0 Å². The lowest BCUT2D eigenvalue weighted by Gasteiger charge is -2.10. The fraction of sp³-hybridized carbons (Fsp3) is 0.545. The average Bonchev–Trinajstić information content (AvgIpc) is 2.58. The molecule has 0 heterocycles. The molecule has 0 aliphatic carbocycles. The van der Waals surface area contributed by atoms with Crippen molar-refractivity contribution in [2.24, 2.45) is 5.92 Å². The van der Waals surface area contributed by atoms with Crippen LogP contribution in [0.5, 0.6) is 0 Å². The first-order chi connectivity index (χ1) is 10.7. The van der Waals surface area contributed by atoms with Gasteiger partial charge < -0.3 is 0 Å². The van der Waals surface area contributed by atoms with Crippen LogP contribution >= 0.6 is 0 Å². The number of rotatable bonds is 7. The van der Waals surface area contributed by atoms with E-state index in [-0.39, 0.29) is 0 Å². The minimum atomic E-state index is 0.832. The molecule has 0 N–H and O–H groups in total. The highest BCUT2D eigenvalue weighted by Crippen LogP contribution is 2.21. The summed E-state index contributed by atoms with van der Waals surface area (Å²) in [6.07, 6.45) is 9.32. The average molecular weight is 299 g/mol. The Morgan fingerprint density at radius 1 is 0.818 bits per heavy atom. The van der Waals surface area contributed by atoms with Gasteiger partial charge in [-0.3, -0.25) is 0 Å². The van der Waals surface area contributed by atoms with Crippen LogP contribution in [0.4, 0.5) is 0 Å². The van der Waals surface area contributed by atoms with Crippen molar-refractivity contribution < 1.29 is 0 Å². The topological polar surface area (TPSA) is 0 Å². The zero-order chi connectivity index (χ0) is 16.2. The zero-order valence-electron chi connectivity index (χ0n) is 15.1. The molecule has 1 unspecified atom stereocenters. The lowest BCUT2D eigenvalue weighted by Crippen LogP contribution is -1.96. The highest BCUT2D eigenvalue weighted by molar-refractivity contribution is 5.85. The van der Waals surface area contributed by atoms with Crippen LogP contribution in [0.15, 0.2) is 42.5 Å². The normalized spacial score (nSPS) is 11.8. The van der Waals surface area contributed by atoms with E-state index >= 15 is 0 Å². The standard InChI is InChI=1S/C16H20.C6H14/c1-3-13(2)11-12-15-9-6-8-14-7-4-5-10-16(14)15;1-3-5-6-4-2/h4-10,13H,3,11-12H2,1-2H3;3-6H2,1-2H3. The Morgan fingerprint density at radius 3 is 2.09 bits per heavy atom. The fourth-order valence-electron chi connectivity index (χ4n) is 2.62. The predicted octanol–water partition coefficient (Wildman–Crippen LogP) is 7.41. The van der Waals surface area contributed by atoms with Crippen LogP contribution in [-0.4, -0.2) is 0 Å². The van der Waals surface area contributed by atoms with Crippen molar-refractivity contribution >= 4 is 10.8 Å². The number of aryl methyl sites for hydroxylation is 1. The molecule has 0 saturated carbocycles. The first-order valence-electron chi connectivity index (χ1n) is 9.19. The highest BCUT2D eigenvalue weighted by atomic mass is 14.1. The molecule has 0 heteroatoms. The van der Waals surface area contributed by atoms with E-state index < -0.39 is 0 Å². The number of hydrogen-bond donors (Lipinski definition) is 0. The maximum absolute atomic E-state index is 2.34. The molecule has 122 valence electrons. The minimum Gasteiger partial charge on any atom is -0.0654 e. The summed E-state index contributed by atoms with van der Waals surface area (Å²) in [4.78, 5) is 0. The second-order valence-corrected chi connectivity index (χ2v) is 6.40. The maximum Gasteiger partial charge on any atom is -0.0152 e. The van der Waals surface area contributed by atoms with Crippen LogP contribution < -0.4 is 0 Å². The molecule has 0 radical (unpaired) electrons. The highest BCUT2D eigenvalue weighted by Gasteiger charge is 2.03. The van der Waals surface area contributed by atoms with Gasteiger partial charge in [0.25, 0.3) is 0 Å². The van der Waals surface area contributed by atoms with Gasteiger partial charge in [-0.2, -0.15) is 0 Å². The quantitative estimate of drug-likeness (QED) is 0.467. The summed E-state index contributed by atoms with van der Waals surface area (Å²) >= 11 is 0. The van der Waals surface area contributed by atoms with Gasteiger partial charge >= 0.3 is 0 Å². The number of hydrogen-bond acceptors (Lipinski definition) is 0. The first kappa shape index (κ1) is 18.7. The van der Waals surface area contributed by atoms with Crippen molar-refractivity contribution in [2.75, 3.05) is 0 Å². The summed E-state index contributed by atoms with van der Waals surface area (Å²) < 4.78 is 0. The molecule has 22 heavy (non-hydrogen) atoms. The van der Waals surface area contributed by atoms with Crippen LogP contribution in [-0.2, 0) is 6.42 Å². The smallest absolute Gasteiger partial charge is 0.0152 e. The zero-order valence-corrected chi connectivity index (χ0v) is 15.1. The monoisotopic (exact) mass is 298 g/mol. The van der Waals surface area contributed by atoms with E-state index in [0.717, 1.165) is 5.92 Å². The lowest BCUT2D eigenvalue weighted by atomic mass is 9.95. The van der Waals surface area contributed by atoms with E-state index in [9.17, 15) is 0 Å². The van der Waals surface area contributed by atoms with Gasteiger partial charge in [-0.1, -0.05) is 102 Å². The van der Waals surface area contributed by atoms with Crippen molar-refractivity contribution in [2.45, 2.75) is 72.6 Å². The Morgan fingerprint density at radius 2 is 1.45 bits per heavy atom. The van der Waals surface area contributed by atoms with Gasteiger partial charge in [-0.05, 0) is 35.1 Å². The van der Waals surface area contributed by atoms with E-state index in [1.54, 1.807) is 0 Å². The molecule has 2 aromatic carbocycles. The Balaban J connectivity index is 0.000000346. The van der Waals surface area contributed by atoms with Crippen LogP contribution in [0.25, 0.3) is 10.8 Å². The van der Waals surface area contributed by atoms with Gasteiger partial charge in [0.15, 0.2) is 0 Å². The SMILES string of the molecule is CCC(C)CCc1cccc2ccccc12.CCCCCC. The molecule has 0 saturated heterocycles. The molecule has 1 atom stereocenters. The molecule has 0 fully saturated rings. The number of fused-ring (bicyclic) bond motifs is 1. The van der Waals surface area contributed by atoms with Crippen molar-refractivity contribution in [3.8, 4) is 0 Å². The first-order valence-corrected chi connectivity index (χ1v) is 9.19. The number of benzene rings is 2. The van der Waals surface area contributed by atoms with Crippen molar-refractivity contribution in [1.29, 1.82) is 0 Å². The molecular weight excluding hydrogens is 264 g/mol. The molecule has 0 bridgehead atoms. The molecule has 0 nitrogen and oxygen atoms in total. The summed E-state index contributed by atoms with van der Waals surface area (Å²) in [6, 6.07) is 15.3. The lowest BCUT2D eigenvalue weighted by molar-refractivity contribution is 0.517. The Kier molecular flexibility index (Phi) is 9.62. The molecule has 2 rings (SSSR count). The van der Waals surface area contributed by atoms with Gasteiger partial charge in [0, 0.05) is 0 Å². The molecular formula is C22H34. The van der Waals surface area contributed by atoms with Crippen molar-refractivity contribution in [1.82, 2.24) is 0 Å². The van der Waals surface area contributed by atoms with Gasteiger partial charge in [0.2, 0.25) is 0 Å². The van der Waals surface area contributed by atoms with Crippen LogP contribution in [0, 0.1) is 5.92 Å². The summed E-state index contributed by atoms with van der Waals surface area (Å²) in [7, 11) is 0. The Bertz CT molecular complexity index is 503. The summed E-state index contributed by atoms with van der Waals surface area (Å²) in [6.45, 7) is 9.07. The van der Waals surface area contributed by atoms with Gasteiger partial charge in [-0.15, -0.1) is 0 Å². The van der Waals surface area contributed by atoms with E-state index in [1.165, 1.54) is 61.3 Å². The Labute approximate surface area is 137 Å². The van der Waals surface area contributed by atoms with E-state index in [2.05, 4.69) is 70.2 Å². The molecule has 0 amide bonds. The third kappa shape index (κ3) is 6.64. The van der Waals surface area contributed by atoms with Crippen LogP contribution in [0.1, 0.15) is 71.8 Å². The fourth-order valence-corrected chi connectivity index (χ4v) is 2.62. The van der Waals surface area contributed by atoms with E-state index in [1.807, 2.05) is 0 Å². The van der Waals surface area contributed by atoms with Gasteiger partial charge in [0.05, 0.1) is 0 Å². The second kappa shape index (κ2) is 11.3. The molecule has 0 aliphatic rings. The van der Waals surface area contributed by atoms with E-state index in [4.69, 9.17) is 0 Å². The largest absolute Gasteiger partial charge is 0.0654 e. The minimum absolute atomic E-state index is 0.832. The predicted molar refractivity (Wildman–Crippen MR) is 102 cm³/mol. The Hall–Kier alpha value is -1.30. The molecule has 0 aliphatic heterocycles. The third-order valence-electron chi connectivity index (χ3n) is 4.44. The van der Waals surface area contributed by atoms with Crippen molar-refractivity contribution in [3.05, 3.63) is 48.0 Å². The summed E-state index contributed by atoms with van der Waals surface area (Å²) in [5.41, 5.74) is 1.50. The second-order valence-electron chi connectivity index (χ2n) is 6.40. The van der Waals surface area contributed by atoms with Crippen molar-refractivity contribution in [3.63, 3.8) is 0 Å². The molecule has 2 aromatic rings. The third-order valence-corrected chi connectivity index (χ3v) is 4.44. The van der Waals surface area contributed by atoms with Gasteiger partial charge in [-0.25, -0.2) is 0 Å². The van der Waals surface area contributed by atoms with Crippen LogP contribution in [0.3, 0.4) is 0 Å². The summed E-state index contributed by atoms with van der Waals surface area (Å²) in [5, 5.41) is 2.79. The summed E-state index contributed by atoms with van der Waals surface area (Å²) in [5.74, 6) is 0.832. The molecule has 0 spiro atoms. The molecule has 0 aromatic heterocycles. The van der Waals surface area contributed by atoms with Crippen LogP contribution in [0.2, 0.25) is 0 Å². The maximum atomic E-state index is 2.34. The number of unbranched alkanes of at least 4 members (excludes halogenated alkanes) is 3. The van der Waals surface area contributed by atoms with Gasteiger partial charge in [0.1, 0.15) is 0 Å².